The molecule has 0 unspecified atom stereocenters. The van der Waals surface area contributed by atoms with Gasteiger partial charge in [0.2, 0.25) is 0 Å². The van der Waals surface area contributed by atoms with E-state index in [1.54, 1.807) is 29.7 Å². The molecule has 2 N–H and O–H groups in total. The van der Waals surface area contributed by atoms with Gasteiger partial charge >= 0.3 is 0 Å². The number of guanidine groups is 1. The van der Waals surface area contributed by atoms with Crippen molar-refractivity contribution in [1.29, 1.82) is 0 Å². The highest BCUT2D eigenvalue weighted by molar-refractivity contribution is 14.0. The molecular weight excluding hydrogens is 521 g/mol. The minimum atomic E-state index is 0. The highest BCUT2D eigenvalue weighted by Crippen LogP contribution is 2.29. The predicted molar refractivity (Wildman–Crippen MR) is 134 cm³/mol. The summed E-state index contributed by atoms with van der Waals surface area (Å²) in [6, 6.07) is 4.35. The molecule has 0 aliphatic carbocycles. The van der Waals surface area contributed by atoms with Gasteiger partial charge in [-0.1, -0.05) is 13.8 Å². The van der Waals surface area contributed by atoms with E-state index in [1.165, 1.54) is 9.75 Å². The van der Waals surface area contributed by atoms with Gasteiger partial charge in [0.1, 0.15) is 5.01 Å². The van der Waals surface area contributed by atoms with Crippen molar-refractivity contribution in [2.45, 2.75) is 39.7 Å². The van der Waals surface area contributed by atoms with Gasteiger partial charge in [0.25, 0.3) is 0 Å². The Hall–Kier alpha value is -1.04. The van der Waals surface area contributed by atoms with Gasteiger partial charge in [-0.25, -0.2) is 9.97 Å². The van der Waals surface area contributed by atoms with E-state index in [0.29, 0.717) is 12.5 Å². The lowest BCUT2D eigenvalue weighted by Crippen LogP contribution is -2.37. The van der Waals surface area contributed by atoms with E-state index in [9.17, 15) is 0 Å². The molecule has 0 bridgehead atoms. The molecule has 0 aliphatic rings. The van der Waals surface area contributed by atoms with Crippen LogP contribution in [0.4, 0.5) is 0 Å². The van der Waals surface area contributed by atoms with Gasteiger partial charge in [0.15, 0.2) is 5.96 Å². The van der Waals surface area contributed by atoms with E-state index in [-0.39, 0.29) is 24.0 Å². The molecule has 0 radical (unpaired) electrons. The molecule has 28 heavy (non-hydrogen) atoms. The number of hydrogen-bond donors (Lipinski definition) is 2. The Morgan fingerprint density at radius 1 is 1.14 bits per heavy atom. The summed E-state index contributed by atoms with van der Waals surface area (Å²) in [7, 11) is 1.80. The number of rotatable bonds is 7. The molecule has 0 amide bonds. The molecule has 0 aromatic carbocycles. The van der Waals surface area contributed by atoms with Crippen LogP contribution < -0.4 is 10.6 Å². The van der Waals surface area contributed by atoms with Crippen molar-refractivity contribution >= 4 is 63.9 Å². The first-order chi connectivity index (χ1) is 13.0. The summed E-state index contributed by atoms with van der Waals surface area (Å²) < 4.78 is 0. The van der Waals surface area contributed by atoms with Crippen LogP contribution in [0.2, 0.25) is 0 Å². The summed E-state index contributed by atoms with van der Waals surface area (Å²) in [4.78, 5) is 16.1. The standard InChI is InChI=1S/C19H25N5S3.HI/c1-12(2)15-10-26-18(24-15)9-22-19(20-4)21-8-7-14-5-6-17(27-14)16-11-25-13(3)23-16;/h5-6,10-12H,7-9H2,1-4H3,(H2,20,21,22);1H. The van der Waals surface area contributed by atoms with E-state index in [0.717, 1.165) is 40.3 Å². The van der Waals surface area contributed by atoms with Crippen LogP contribution in [0.25, 0.3) is 10.6 Å². The fourth-order valence-corrected chi connectivity index (χ4v) is 5.03. The fourth-order valence-electron chi connectivity index (χ4n) is 2.48. The summed E-state index contributed by atoms with van der Waals surface area (Å²) >= 11 is 5.20. The summed E-state index contributed by atoms with van der Waals surface area (Å²) in [5, 5.41) is 13.2. The summed E-state index contributed by atoms with van der Waals surface area (Å²) in [5.41, 5.74) is 2.24. The summed E-state index contributed by atoms with van der Waals surface area (Å²) in [5.74, 6) is 1.28. The second-order valence-electron chi connectivity index (χ2n) is 6.44. The Bertz CT molecular complexity index is 897. The van der Waals surface area contributed by atoms with Gasteiger partial charge in [-0.15, -0.1) is 58.0 Å². The second-order valence-corrected chi connectivity index (χ2v) is 9.61. The first kappa shape index (κ1) is 23.2. The molecule has 0 spiro atoms. The molecule has 152 valence electrons. The first-order valence-corrected chi connectivity index (χ1v) is 11.5. The predicted octanol–water partition coefficient (Wildman–Crippen LogP) is 5.29. The van der Waals surface area contributed by atoms with Crippen LogP contribution in [0.3, 0.4) is 0 Å². The number of aromatic nitrogens is 2. The fraction of sp³-hybridized carbons (Fsp3) is 0.421. The maximum Gasteiger partial charge on any atom is 0.191 e. The minimum Gasteiger partial charge on any atom is -0.356 e. The largest absolute Gasteiger partial charge is 0.356 e. The zero-order chi connectivity index (χ0) is 19.2. The Kier molecular flexibility index (Phi) is 9.32. The Labute approximate surface area is 195 Å². The topological polar surface area (TPSA) is 62.2 Å². The molecule has 5 nitrogen and oxygen atoms in total. The number of hydrogen-bond acceptors (Lipinski definition) is 6. The maximum absolute atomic E-state index is 4.65. The van der Waals surface area contributed by atoms with Gasteiger partial charge in [0.05, 0.1) is 27.8 Å². The van der Waals surface area contributed by atoms with Crippen molar-refractivity contribution in [2.75, 3.05) is 13.6 Å². The van der Waals surface area contributed by atoms with Gasteiger partial charge in [-0.05, 0) is 31.4 Å². The van der Waals surface area contributed by atoms with Crippen molar-refractivity contribution in [3.8, 4) is 10.6 Å². The van der Waals surface area contributed by atoms with Crippen molar-refractivity contribution in [3.63, 3.8) is 0 Å². The number of aryl methyl sites for hydroxylation is 1. The lowest BCUT2D eigenvalue weighted by atomic mass is 10.2. The molecule has 0 aliphatic heterocycles. The molecule has 0 fully saturated rings. The van der Waals surface area contributed by atoms with Crippen molar-refractivity contribution < 1.29 is 0 Å². The molecule has 0 atom stereocenters. The Morgan fingerprint density at radius 3 is 2.61 bits per heavy atom. The lowest BCUT2D eigenvalue weighted by molar-refractivity contribution is 0.781. The minimum absolute atomic E-state index is 0. The quantitative estimate of drug-likeness (QED) is 0.240. The normalized spacial score (nSPS) is 11.5. The van der Waals surface area contributed by atoms with E-state index in [4.69, 9.17) is 0 Å². The SMILES string of the molecule is CN=C(NCCc1ccc(-c2csc(C)n2)s1)NCc1nc(C(C)C)cs1.I. The Balaban J connectivity index is 0.00000280. The van der Waals surface area contributed by atoms with Crippen LogP contribution in [0, 0.1) is 6.92 Å². The van der Waals surface area contributed by atoms with E-state index < -0.39 is 0 Å². The number of thiophene rings is 1. The molecule has 0 saturated carbocycles. The van der Waals surface area contributed by atoms with Crippen molar-refractivity contribution in [2.24, 2.45) is 4.99 Å². The van der Waals surface area contributed by atoms with Crippen LogP contribution in [0.1, 0.15) is 40.4 Å². The molecule has 3 rings (SSSR count). The van der Waals surface area contributed by atoms with Crippen LogP contribution >= 0.6 is 58.0 Å². The third-order valence-electron chi connectivity index (χ3n) is 3.99. The summed E-state index contributed by atoms with van der Waals surface area (Å²) in [6.07, 6.45) is 0.962. The molecule has 9 heteroatoms. The molecule has 3 heterocycles. The van der Waals surface area contributed by atoms with Crippen LogP contribution in [-0.4, -0.2) is 29.5 Å². The molecule has 0 saturated heterocycles. The van der Waals surface area contributed by atoms with Gasteiger partial charge in [-0.3, -0.25) is 4.99 Å². The summed E-state index contributed by atoms with van der Waals surface area (Å²) in [6.45, 7) is 7.91. The van der Waals surface area contributed by atoms with Crippen LogP contribution in [0.15, 0.2) is 27.9 Å². The number of nitrogens with zero attached hydrogens (tertiary/aromatic N) is 3. The van der Waals surface area contributed by atoms with E-state index in [2.05, 4.69) is 62.3 Å². The number of aliphatic imine (C=N–C) groups is 1. The molecule has 3 aromatic rings. The number of thiazole rings is 2. The van der Waals surface area contributed by atoms with Crippen molar-refractivity contribution in [1.82, 2.24) is 20.6 Å². The third kappa shape index (κ3) is 6.50. The average molecular weight is 548 g/mol. The lowest BCUT2D eigenvalue weighted by Gasteiger charge is -2.10. The van der Waals surface area contributed by atoms with Crippen LogP contribution in [0.5, 0.6) is 0 Å². The first-order valence-electron chi connectivity index (χ1n) is 8.95. The van der Waals surface area contributed by atoms with Gasteiger partial charge in [-0.2, -0.15) is 0 Å². The average Bonchev–Trinajstić information content (AvgIpc) is 3.38. The molecule has 3 aromatic heterocycles. The monoisotopic (exact) mass is 547 g/mol. The number of nitrogens with one attached hydrogen (secondary N) is 2. The van der Waals surface area contributed by atoms with E-state index in [1.807, 2.05) is 18.3 Å². The third-order valence-corrected chi connectivity index (χ3v) is 6.80. The Morgan fingerprint density at radius 2 is 1.96 bits per heavy atom. The number of halogens is 1. The zero-order valence-electron chi connectivity index (χ0n) is 16.5. The van der Waals surface area contributed by atoms with E-state index >= 15 is 0 Å². The second kappa shape index (κ2) is 11.2. The maximum atomic E-state index is 4.65. The highest BCUT2D eigenvalue weighted by atomic mass is 127. The van der Waals surface area contributed by atoms with Crippen molar-refractivity contribution in [3.05, 3.63) is 43.5 Å². The highest BCUT2D eigenvalue weighted by Gasteiger charge is 2.08. The van der Waals surface area contributed by atoms with Crippen LogP contribution in [-0.2, 0) is 13.0 Å². The van der Waals surface area contributed by atoms with Gasteiger partial charge < -0.3 is 10.6 Å². The molecular formula is C19H26IN5S3. The smallest absolute Gasteiger partial charge is 0.191 e. The van der Waals surface area contributed by atoms with Gasteiger partial charge in [0, 0.05) is 29.2 Å². The zero-order valence-corrected chi connectivity index (χ0v) is 21.3.